The molecule has 0 aliphatic heterocycles. The highest BCUT2D eigenvalue weighted by Gasteiger charge is 2.09. The maximum Gasteiger partial charge on any atom is 0.172 e. The van der Waals surface area contributed by atoms with Crippen molar-refractivity contribution in [1.82, 2.24) is 19.9 Å². The maximum atomic E-state index is 5.75. The third-order valence-electron chi connectivity index (χ3n) is 2.59. The van der Waals surface area contributed by atoms with Crippen LogP contribution in [0.4, 0.5) is 5.82 Å². The first-order valence-electron chi connectivity index (χ1n) is 5.44. The molecule has 0 aliphatic carbocycles. The van der Waals surface area contributed by atoms with Gasteiger partial charge >= 0.3 is 0 Å². The minimum Gasteiger partial charge on any atom is -0.382 e. The van der Waals surface area contributed by atoms with E-state index in [0.717, 1.165) is 10.1 Å². The molecule has 0 aliphatic rings. The van der Waals surface area contributed by atoms with Gasteiger partial charge in [-0.15, -0.1) is 0 Å². The van der Waals surface area contributed by atoms with Gasteiger partial charge in [-0.05, 0) is 18.6 Å². The lowest BCUT2D eigenvalue weighted by atomic mass is 10.2. The second-order valence-electron chi connectivity index (χ2n) is 3.87. The van der Waals surface area contributed by atoms with E-state index in [1.54, 1.807) is 11.8 Å². The molecule has 3 aromatic rings. The molecule has 0 spiro atoms. The first-order valence-corrected chi connectivity index (χ1v) is 6.25. The lowest BCUT2D eigenvalue weighted by Gasteiger charge is -2.01. The predicted octanol–water partition coefficient (Wildman–Crippen LogP) is 2.39. The van der Waals surface area contributed by atoms with Crippen LogP contribution in [0.1, 0.15) is 5.56 Å². The molecule has 1 aromatic carbocycles. The number of imidazole rings is 1. The number of benzene rings is 1. The fourth-order valence-corrected chi connectivity index (χ4v) is 2.52. The summed E-state index contributed by atoms with van der Waals surface area (Å²) in [5.74, 6) is 0.396. The van der Waals surface area contributed by atoms with Crippen molar-refractivity contribution in [3.8, 4) is 0 Å². The molecule has 0 fully saturated rings. The molecule has 2 heterocycles. The molecule has 5 nitrogen and oxygen atoms in total. The van der Waals surface area contributed by atoms with Crippen LogP contribution >= 0.6 is 11.8 Å². The number of nitrogens with one attached hydrogen (secondary N) is 1. The number of nitrogens with two attached hydrogens (primary N) is 1. The Morgan fingerprint density at radius 2 is 2.06 bits per heavy atom. The Hall–Kier alpha value is -2.08. The summed E-state index contributed by atoms with van der Waals surface area (Å²) < 4.78 is 0. The topological polar surface area (TPSA) is 80.5 Å². The number of aryl methyl sites for hydroxylation is 1. The van der Waals surface area contributed by atoms with Crippen molar-refractivity contribution in [3.05, 3.63) is 36.2 Å². The van der Waals surface area contributed by atoms with E-state index in [4.69, 9.17) is 5.73 Å². The number of hydrogen-bond acceptors (Lipinski definition) is 5. The number of aromatic nitrogens is 4. The number of fused-ring (bicyclic) bond motifs is 1. The van der Waals surface area contributed by atoms with Crippen molar-refractivity contribution in [2.45, 2.75) is 17.0 Å². The Kier molecular flexibility index (Phi) is 2.64. The van der Waals surface area contributed by atoms with E-state index in [2.05, 4.69) is 39.0 Å². The van der Waals surface area contributed by atoms with E-state index in [1.807, 2.05) is 12.1 Å². The van der Waals surface area contributed by atoms with E-state index >= 15 is 0 Å². The van der Waals surface area contributed by atoms with Crippen LogP contribution in [0.25, 0.3) is 11.2 Å². The van der Waals surface area contributed by atoms with E-state index in [0.29, 0.717) is 17.0 Å². The smallest absolute Gasteiger partial charge is 0.172 e. The number of nitrogens with zero attached hydrogens (tertiary/aromatic N) is 3. The normalized spacial score (nSPS) is 10.9. The molecule has 0 saturated heterocycles. The first-order chi connectivity index (χ1) is 8.74. The van der Waals surface area contributed by atoms with Crippen LogP contribution in [0.15, 0.2) is 40.6 Å². The molecule has 3 rings (SSSR count). The quantitative estimate of drug-likeness (QED) is 0.736. The summed E-state index contributed by atoms with van der Waals surface area (Å²) in [4.78, 5) is 16.7. The molecular formula is C12H11N5S. The third-order valence-corrected chi connectivity index (χ3v) is 3.65. The molecule has 90 valence electrons. The van der Waals surface area contributed by atoms with E-state index in [-0.39, 0.29) is 0 Å². The summed E-state index contributed by atoms with van der Waals surface area (Å²) in [6.07, 6.45) is 1.43. The zero-order valence-corrected chi connectivity index (χ0v) is 10.5. The van der Waals surface area contributed by atoms with Crippen molar-refractivity contribution in [2.75, 3.05) is 5.73 Å². The monoisotopic (exact) mass is 257 g/mol. The molecular weight excluding hydrogens is 246 g/mol. The Morgan fingerprint density at radius 1 is 1.22 bits per heavy atom. The SMILES string of the molecule is Cc1ccccc1Sc1nc2c(N)ncnc2[nH]1. The number of H-pyrrole nitrogens is 1. The highest BCUT2D eigenvalue weighted by atomic mass is 32.2. The van der Waals surface area contributed by atoms with Crippen molar-refractivity contribution in [2.24, 2.45) is 0 Å². The first kappa shape index (κ1) is 11.0. The van der Waals surface area contributed by atoms with Gasteiger partial charge in [0, 0.05) is 4.90 Å². The highest BCUT2D eigenvalue weighted by Crippen LogP contribution is 2.29. The van der Waals surface area contributed by atoms with Gasteiger partial charge in [0.25, 0.3) is 0 Å². The Labute approximate surface area is 108 Å². The number of anilines is 1. The Morgan fingerprint density at radius 3 is 2.83 bits per heavy atom. The van der Waals surface area contributed by atoms with Crippen molar-refractivity contribution in [3.63, 3.8) is 0 Å². The zero-order chi connectivity index (χ0) is 12.5. The van der Waals surface area contributed by atoms with Gasteiger partial charge in [-0.3, -0.25) is 0 Å². The summed E-state index contributed by atoms with van der Waals surface area (Å²) in [6, 6.07) is 8.15. The molecule has 18 heavy (non-hydrogen) atoms. The highest BCUT2D eigenvalue weighted by molar-refractivity contribution is 7.99. The second-order valence-corrected chi connectivity index (χ2v) is 4.90. The van der Waals surface area contributed by atoms with Gasteiger partial charge in [0.05, 0.1) is 0 Å². The fraction of sp³-hybridized carbons (Fsp3) is 0.0833. The average molecular weight is 257 g/mol. The summed E-state index contributed by atoms with van der Waals surface area (Å²) in [7, 11) is 0. The molecule has 0 unspecified atom stereocenters. The standard InChI is InChI=1S/C12H11N5S/c1-7-4-2-3-5-8(7)18-12-16-9-10(13)14-6-15-11(9)17-12/h2-6H,1H3,(H3,13,14,15,16,17). The van der Waals surface area contributed by atoms with Crippen LogP contribution in [-0.2, 0) is 0 Å². The van der Waals surface area contributed by atoms with Gasteiger partial charge in [0.1, 0.15) is 6.33 Å². The average Bonchev–Trinajstić information content (AvgIpc) is 2.76. The van der Waals surface area contributed by atoms with E-state index in [9.17, 15) is 0 Å². The maximum absolute atomic E-state index is 5.75. The van der Waals surface area contributed by atoms with Crippen LogP contribution in [-0.4, -0.2) is 19.9 Å². The molecule has 0 amide bonds. The minimum absolute atomic E-state index is 0.396. The lowest BCUT2D eigenvalue weighted by Crippen LogP contribution is -1.91. The predicted molar refractivity (Wildman–Crippen MR) is 71.4 cm³/mol. The molecule has 0 atom stereocenters. The van der Waals surface area contributed by atoms with Crippen LogP contribution in [0.3, 0.4) is 0 Å². The number of aromatic amines is 1. The Bertz CT molecular complexity index is 707. The van der Waals surface area contributed by atoms with Crippen molar-refractivity contribution < 1.29 is 0 Å². The van der Waals surface area contributed by atoms with Gasteiger partial charge < -0.3 is 10.7 Å². The third kappa shape index (κ3) is 1.91. The fourth-order valence-electron chi connectivity index (χ4n) is 1.65. The molecule has 6 heteroatoms. The zero-order valence-electron chi connectivity index (χ0n) is 9.71. The molecule has 2 aromatic heterocycles. The molecule has 0 bridgehead atoms. The van der Waals surface area contributed by atoms with Gasteiger partial charge in [-0.25, -0.2) is 15.0 Å². The van der Waals surface area contributed by atoms with Crippen LogP contribution in [0.5, 0.6) is 0 Å². The largest absolute Gasteiger partial charge is 0.382 e. The number of hydrogen-bond donors (Lipinski definition) is 2. The summed E-state index contributed by atoms with van der Waals surface area (Å²) >= 11 is 1.56. The van der Waals surface area contributed by atoms with Crippen LogP contribution < -0.4 is 5.73 Å². The molecule has 3 N–H and O–H groups in total. The van der Waals surface area contributed by atoms with E-state index < -0.39 is 0 Å². The second kappa shape index (κ2) is 4.30. The van der Waals surface area contributed by atoms with Gasteiger partial charge in [-0.2, -0.15) is 0 Å². The van der Waals surface area contributed by atoms with Crippen molar-refractivity contribution in [1.29, 1.82) is 0 Å². The van der Waals surface area contributed by atoms with Crippen molar-refractivity contribution >= 4 is 28.7 Å². The lowest BCUT2D eigenvalue weighted by molar-refractivity contribution is 1.07. The molecule has 0 saturated carbocycles. The van der Waals surface area contributed by atoms with Crippen LogP contribution in [0.2, 0.25) is 0 Å². The Balaban J connectivity index is 2.01. The number of rotatable bonds is 2. The number of nitrogen functional groups attached to an aromatic ring is 1. The summed E-state index contributed by atoms with van der Waals surface area (Å²) in [6.45, 7) is 2.07. The summed E-state index contributed by atoms with van der Waals surface area (Å²) in [5, 5.41) is 0.770. The van der Waals surface area contributed by atoms with Gasteiger partial charge in [0.2, 0.25) is 0 Å². The van der Waals surface area contributed by atoms with E-state index in [1.165, 1.54) is 11.9 Å². The van der Waals surface area contributed by atoms with Crippen LogP contribution in [0, 0.1) is 6.92 Å². The van der Waals surface area contributed by atoms with Gasteiger partial charge in [-0.1, -0.05) is 30.0 Å². The van der Waals surface area contributed by atoms with Gasteiger partial charge in [0.15, 0.2) is 22.1 Å². The molecule has 0 radical (unpaired) electrons. The minimum atomic E-state index is 0.396. The summed E-state index contributed by atoms with van der Waals surface area (Å²) in [5.41, 5.74) is 8.24.